The average molecular weight is 505 g/mol. The topological polar surface area (TPSA) is 120 Å². The third-order valence-electron chi connectivity index (χ3n) is 5.10. The van der Waals surface area contributed by atoms with Crippen molar-refractivity contribution in [1.29, 1.82) is 0 Å². The molecule has 0 atom stereocenters. The molecule has 1 heterocycles. The molecule has 0 aliphatic rings. The first kappa shape index (κ1) is 25.5. The minimum Gasteiger partial charge on any atom is -0.495 e. The van der Waals surface area contributed by atoms with Crippen LogP contribution in [0.15, 0.2) is 53.6 Å². The maximum atomic E-state index is 12.8. The zero-order valence-electron chi connectivity index (χ0n) is 20.0. The van der Waals surface area contributed by atoms with E-state index < -0.39 is 22.2 Å². The van der Waals surface area contributed by atoms with Crippen LogP contribution in [0.4, 0.5) is 23.1 Å². The Hall–Kier alpha value is -3.10. The second kappa shape index (κ2) is 10.0. The van der Waals surface area contributed by atoms with E-state index in [1.165, 1.54) is 20.4 Å². The molecule has 182 valence electrons. The van der Waals surface area contributed by atoms with Gasteiger partial charge in [0, 0.05) is 5.30 Å². The molecule has 3 aromatic rings. The number of anilines is 4. The Bertz CT molecular complexity index is 1340. The molecule has 0 saturated carbocycles. The van der Waals surface area contributed by atoms with Crippen LogP contribution in [0.3, 0.4) is 0 Å². The predicted octanol–water partition coefficient (Wildman–Crippen LogP) is 4.41. The molecule has 0 aliphatic heterocycles. The summed E-state index contributed by atoms with van der Waals surface area (Å²) in [5, 5.41) is 6.27. The van der Waals surface area contributed by atoms with Crippen LogP contribution in [0.1, 0.15) is 13.8 Å². The van der Waals surface area contributed by atoms with Crippen LogP contribution in [-0.4, -0.2) is 51.2 Å². The number of hydrogen-bond acceptors (Lipinski definition) is 9. The number of nitrogens with zero attached hydrogens (tertiary/aromatic N) is 2. The predicted molar refractivity (Wildman–Crippen MR) is 136 cm³/mol. The maximum Gasteiger partial charge on any atom is 0.229 e. The largest absolute Gasteiger partial charge is 0.495 e. The fourth-order valence-corrected chi connectivity index (χ4v) is 5.17. The van der Waals surface area contributed by atoms with E-state index in [0.717, 1.165) is 0 Å². The van der Waals surface area contributed by atoms with E-state index in [4.69, 9.17) is 9.47 Å². The fourth-order valence-electron chi connectivity index (χ4n) is 3.11. The van der Waals surface area contributed by atoms with Gasteiger partial charge in [0.25, 0.3) is 0 Å². The number of rotatable bonds is 9. The van der Waals surface area contributed by atoms with Crippen molar-refractivity contribution in [3.8, 4) is 11.5 Å². The molecule has 2 N–H and O–H groups in total. The number of ether oxygens (including phenoxy) is 2. The van der Waals surface area contributed by atoms with Gasteiger partial charge in [0.15, 0.2) is 21.4 Å². The Morgan fingerprint density at radius 3 is 2.24 bits per heavy atom. The molecule has 0 spiro atoms. The number of sulfone groups is 1. The second-order valence-corrected chi connectivity index (χ2v) is 13.9. The summed E-state index contributed by atoms with van der Waals surface area (Å²) >= 11 is 0. The van der Waals surface area contributed by atoms with Crippen LogP contribution in [0, 0.1) is 0 Å². The van der Waals surface area contributed by atoms with Crippen molar-refractivity contribution in [2.75, 3.05) is 38.2 Å². The Morgan fingerprint density at radius 2 is 1.62 bits per heavy atom. The zero-order valence-corrected chi connectivity index (χ0v) is 21.7. The van der Waals surface area contributed by atoms with Crippen molar-refractivity contribution in [3.05, 3.63) is 48.7 Å². The summed E-state index contributed by atoms with van der Waals surface area (Å²) in [6, 6.07) is 11.9. The highest BCUT2D eigenvalue weighted by molar-refractivity contribution is 7.92. The minimum atomic E-state index is -3.53. The quantitative estimate of drug-likeness (QED) is 0.408. The van der Waals surface area contributed by atoms with E-state index in [-0.39, 0.29) is 16.7 Å². The summed E-state index contributed by atoms with van der Waals surface area (Å²) < 4.78 is 48.9. The molecule has 0 saturated heterocycles. The van der Waals surface area contributed by atoms with E-state index in [1.807, 2.05) is 0 Å². The molecule has 11 heteroatoms. The van der Waals surface area contributed by atoms with Crippen molar-refractivity contribution in [2.24, 2.45) is 0 Å². The van der Waals surface area contributed by atoms with Crippen molar-refractivity contribution in [1.82, 2.24) is 9.97 Å². The molecular formula is C23H29N4O5PS. The lowest BCUT2D eigenvalue weighted by atomic mass is 10.3. The molecule has 0 aliphatic carbocycles. The number of hydrogen-bond donors (Lipinski definition) is 2. The van der Waals surface area contributed by atoms with Gasteiger partial charge < -0.3 is 24.7 Å². The van der Waals surface area contributed by atoms with Gasteiger partial charge in [-0.1, -0.05) is 12.1 Å². The summed E-state index contributed by atoms with van der Waals surface area (Å²) in [7, 11) is -2.99. The lowest BCUT2D eigenvalue weighted by Crippen LogP contribution is -2.16. The van der Waals surface area contributed by atoms with E-state index in [9.17, 15) is 13.0 Å². The number of methoxy groups -OCH3 is 2. The van der Waals surface area contributed by atoms with Crippen LogP contribution in [-0.2, 0) is 14.4 Å². The second-order valence-electron chi connectivity index (χ2n) is 8.19. The summed E-state index contributed by atoms with van der Waals surface area (Å²) in [5.74, 6) is 1.34. The van der Waals surface area contributed by atoms with Crippen molar-refractivity contribution >= 4 is 45.4 Å². The lowest BCUT2D eigenvalue weighted by Gasteiger charge is -2.17. The maximum absolute atomic E-state index is 12.8. The first-order chi connectivity index (χ1) is 16.0. The Morgan fingerprint density at radius 1 is 0.941 bits per heavy atom. The van der Waals surface area contributed by atoms with E-state index in [2.05, 4.69) is 20.6 Å². The van der Waals surface area contributed by atoms with E-state index >= 15 is 0 Å². The Balaban J connectivity index is 1.99. The van der Waals surface area contributed by atoms with E-state index in [1.54, 1.807) is 69.6 Å². The lowest BCUT2D eigenvalue weighted by molar-refractivity contribution is 0.413. The summed E-state index contributed by atoms with van der Waals surface area (Å²) in [5.41, 5.74) is 0.960. The summed E-state index contributed by atoms with van der Waals surface area (Å²) in [6.07, 6.45) is 1.48. The monoisotopic (exact) mass is 504 g/mol. The Kier molecular flexibility index (Phi) is 7.53. The van der Waals surface area contributed by atoms with Crippen molar-refractivity contribution < 1.29 is 22.5 Å². The van der Waals surface area contributed by atoms with Crippen molar-refractivity contribution in [2.45, 2.75) is 24.0 Å². The summed E-state index contributed by atoms with van der Waals surface area (Å²) in [4.78, 5) is 8.93. The van der Waals surface area contributed by atoms with Gasteiger partial charge in [0.2, 0.25) is 5.95 Å². The van der Waals surface area contributed by atoms with Crippen LogP contribution in [0.2, 0.25) is 0 Å². The van der Waals surface area contributed by atoms with Gasteiger partial charge in [-0.2, -0.15) is 4.98 Å². The molecule has 0 fully saturated rings. The standard InChI is InChI=1S/C23H29N4O5PS/c1-15(2)34(29,30)21-10-8-7-9-18(21)25-22-20(32-4)14-24-23(27-22)26-17-12-11-16(33(5,6)28)13-19(17)31-3/h7-15H,1-6H3,(H2,24,25,26,27). The highest BCUT2D eigenvalue weighted by atomic mass is 32.2. The van der Waals surface area contributed by atoms with E-state index in [0.29, 0.717) is 28.2 Å². The third-order valence-corrected chi connectivity index (χ3v) is 8.83. The third kappa shape index (κ3) is 5.51. The molecule has 9 nitrogen and oxygen atoms in total. The van der Waals surface area contributed by atoms with Gasteiger partial charge in [0.05, 0.1) is 41.9 Å². The van der Waals surface area contributed by atoms with Gasteiger partial charge >= 0.3 is 0 Å². The number of benzene rings is 2. The smallest absolute Gasteiger partial charge is 0.229 e. The normalized spacial score (nSPS) is 11.9. The van der Waals surface area contributed by atoms with Crippen LogP contribution >= 0.6 is 7.14 Å². The molecule has 1 aromatic heterocycles. The molecular weight excluding hydrogens is 475 g/mol. The fraction of sp³-hybridized carbons (Fsp3) is 0.304. The Labute approximate surface area is 200 Å². The molecule has 0 bridgehead atoms. The molecule has 3 rings (SSSR count). The number of para-hydroxylation sites is 1. The minimum absolute atomic E-state index is 0.168. The molecule has 0 amide bonds. The average Bonchev–Trinajstić information content (AvgIpc) is 2.79. The highest BCUT2D eigenvalue weighted by Gasteiger charge is 2.23. The first-order valence-electron chi connectivity index (χ1n) is 10.5. The SMILES string of the molecule is COc1cc(P(C)(C)=O)ccc1Nc1ncc(OC)c(Nc2ccccc2S(=O)(=O)C(C)C)n1. The number of nitrogens with one attached hydrogen (secondary N) is 2. The molecule has 34 heavy (non-hydrogen) atoms. The van der Waals surface area contributed by atoms with Crippen molar-refractivity contribution in [3.63, 3.8) is 0 Å². The van der Waals surface area contributed by atoms with Crippen LogP contribution < -0.4 is 25.4 Å². The molecule has 0 unspecified atom stereocenters. The van der Waals surface area contributed by atoms with Gasteiger partial charge in [-0.3, -0.25) is 0 Å². The van der Waals surface area contributed by atoms with Crippen LogP contribution in [0.25, 0.3) is 0 Å². The molecule has 2 aromatic carbocycles. The zero-order chi connectivity index (χ0) is 25.1. The van der Waals surface area contributed by atoms with Gasteiger partial charge in [-0.05, 0) is 57.5 Å². The van der Waals surface area contributed by atoms with Gasteiger partial charge in [-0.15, -0.1) is 0 Å². The van der Waals surface area contributed by atoms with Gasteiger partial charge in [0.1, 0.15) is 12.9 Å². The number of aromatic nitrogens is 2. The first-order valence-corrected chi connectivity index (χ1v) is 14.6. The van der Waals surface area contributed by atoms with Gasteiger partial charge in [-0.25, -0.2) is 13.4 Å². The highest BCUT2D eigenvalue weighted by Crippen LogP contribution is 2.38. The molecule has 0 radical (unpaired) electrons. The van der Waals surface area contributed by atoms with Crippen LogP contribution in [0.5, 0.6) is 11.5 Å². The summed E-state index contributed by atoms with van der Waals surface area (Å²) in [6.45, 7) is 6.65.